The Balaban J connectivity index is -0.000000468. The Morgan fingerprint density at radius 2 is 1.17 bits per heavy atom. The van der Waals surface area contributed by atoms with Crippen LogP contribution >= 0.6 is 0 Å². The lowest BCUT2D eigenvalue weighted by atomic mass is 10.3. The fraction of sp³-hybridized carbons (Fsp3) is 0.455. The van der Waals surface area contributed by atoms with E-state index in [4.69, 9.17) is 20.2 Å². The summed E-state index contributed by atoms with van der Waals surface area (Å²) in [7, 11) is 0. The van der Waals surface area contributed by atoms with Crippen molar-refractivity contribution in [1.82, 2.24) is 14.3 Å². The van der Waals surface area contributed by atoms with E-state index in [2.05, 4.69) is 19.7 Å². The summed E-state index contributed by atoms with van der Waals surface area (Å²) in [5.74, 6) is -2.81. The highest BCUT2D eigenvalue weighted by Crippen LogP contribution is 1.91. The first-order valence-corrected chi connectivity index (χ1v) is 10.3. The van der Waals surface area contributed by atoms with Crippen molar-refractivity contribution in [2.24, 2.45) is 0 Å². The first-order valence-electron chi connectivity index (χ1n) is 10.3. The standard InChI is InChI=1S/C10H17N3O4.3C4H6O2/c1-3-5-6-7-17-13-9(15)11-8(14)12(4-2)10(13)16;3*1-3(2)4(5)6/h3-7H2,1-2H3,(H,11,14,15);3*1H2,2H3,(H,5,6). The second-order valence-corrected chi connectivity index (χ2v) is 6.85. The number of hydrogen-bond donors (Lipinski definition) is 4. The fourth-order valence-corrected chi connectivity index (χ4v) is 1.39. The van der Waals surface area contributed by atoms with Crippen LogP contribution in [0.4, 0.5) is 0 Å². The quantitative estimate of drug-likeness (QED) is 0.282. The third kappa shape index (κ3) is 18.0. The predicted molar refractivity (Wildman–Crippen MR) is 130 cm³/mol. The van der Waals surface area contributed by atoms with Gasteiger partial charge in [-0.15, -0.1) is 0 Å². The minimum absolute atomic E-state index is 0.176. The minimum atomic E-state index is -0.935. The van der Waals surface area contributed by atoms with Gasteiger partial charge in [0.15, 0.2) is 0 Å². The van der Waals surface area contributed by atoms with Crippen LogP contribution in [0.3, 0.4) is 0 Å². The van der Waals surface area contributed by atoms with Gasteiger partial charge in [-0.3, -0.25) is 4.98 Å². The number of carbonyl (C=O) groups is 3. The molecule has 0 unspecified atom stereocenters. The Kier molecular flexibility index (Phi) is 19.6. The molecular weight excluding hydrogens is 466 g/mol. The summed E-state index contributed by atoms with van der Waals surface area (Å²) in [6, 6.07) is 0. The van der Waals surface area contributed by atoms with Crippen molar-refractivity contribution in [1.29, 1.82) is 0 Å². The maximum Gasteiger partial charge on any atom is 0.369 e. The van der Waals surface area contributed by atoms with Crippen molar-refractivity contribution in [3.8, 4) is 0 Å². The summed E-state index contributed by atoms with van der Waals surface area (Å²) in [5, 5.41) is 23.7. The maximum absolute atomic E-state index is 11.7. The van der Waals surface area contributed by atoms with Gasteiger partial charge in [-0.25, -0.2) is 33.3 Å². The lowest BCUT2D eigenvalue weighted by molar-refractivity contribution is -0.133. The number of unbranched alkanes of at least 4 members (excludes halogenated alkanes) is 2. The normalized spacial score (nSPS) is 8.94. The Morgan fingerprint density at radius 1 is 0.800 bits per heavy atom. The van der Waals surface area contributed by atoms with Gasteiger partial charge in [0.1, 0.15) is 6.61 Å². The van der Waals surface area contributed by atoms with E-state index in [0.29, 0.717) is 4.73 Å². The largest absolute Gasteiger partial charge is 0.478 e. The molecule has 1 aromatic rings. The molecule has 0 aliphatic heterocycles. The number of aromatic nitrogens is 3. The molecule has 198 valence electrons. The van der Waals surface area contributed by atoms with E-state index in [1.807, 2.05) is 11.9 Å². The van der Waals surface area contributed by atoms with Gasteiger partial charge >= 0.3 is 35.0 Å². The second kappa shape index (κ2) is 19.3. The summed E-state index contributed by atoms with van der Waals surface area (Å²) in [6.45, 7) is 17.9. The van der Waals surface area contributed by atoms with E-state index in [0.717, 1.165) is 23.8 Å². The second-order valence-electron chi connectivity index (χ2n) is 6.85. The van der Waals surface area contributed by atoms with Crippen molar-refractivity contribution < 1.29 is 34.5 Å². The summed E-state index contributed by atoms with van der Waals surface area (Å²) in [5.41, 5.74) is -1.75. The minimum Gasteiger partial charge on any atom is -0.478 e. The molecule has 0 fully saturated rings. The number of hydrogen-bond acceptors (Lipinski definition) is 7. The van der Waals surface area contributed by atoms with Crippen LogP contribution in [0.25, 0.3) is 0 Å². The van der Waals surface area contributed by atoms with E-state index < -0.39 is 35.0 Å². The lowest BCUT2D eigenvalue weighted by Crippen LogP contribution is -2.51. The van der Waals surface area contributed by atoms with Crippen molar-refractivity contribution in [3.63, 3.8) is 0 Å². The van der Waals surface area contributed by atoms with Crippen LogP contribution in [-0.4, -0.2) is 54.1 Å². The molecule has 0 saturated carbocycles. The molecule has 0 aliphatic rings. The van der Waals surface area contributed by atoms with Crippen LogP contribution in [-0.2, 0) is 20.9 Å². The topological polar surface area (TPSA) is 198 Å². The first kappa shape index (κ1) is 35.4. The van der Waals surface area contributed by atoms with Gasteiger partial charge in [-0.05, 0) is 34.1 Å². The molecule has 0 aliphatic carbocycles. The zero-order valence-electron chi connectivity index (χ0n) is 20.8. The van der Waals surface area contributed by atoms with E-state index in [9.17, 15) is 28.8 Å². The van der Waals surface area contributed by atoms with Gasteiger partial charge in [0.05, 0.1) is 0 Å². The zero-order valence-corrected chi connectivity index (χ0v) is 20.8. The third-order valence-corrected chi connectivity index (χ3v) is 3.43. The zero-order chi connectivity index (χ0) is 28.3. The van der Waals surface area contributed by atoms with Gasteiger partial charge < -0.3 is 20.2 Å². The van der Waals surface area contributed by atoms with Gasteiger partial charge in [-0.1, -0.05) is 44.2 Å². The fourth-order valence-electron chi connectivity index (χ4n) is 1.39. The Bertz CT molecular complexity index is 967. The van der Waals surface area contributed by atoms with Crippen LogP contribution in [0.5, 0.6) is 0 Å². The number of nitrogens with one attached hydrogen (secondary N) is 1. The number of nitrogens with zero attached hydrogens (tertiary/aromatic N) is 2. The lowest BCUT2D eigenvalue weighted by Gasteiger charge is -2.08. The van der Waals surface area contributed by atoms with Crippen LogP contribution in [0.2, 0.25) is 0 Å². The highest BCUT2D eigenvalue weighted by atomic mass is 16.7. The average molecular weight is 502 g/mol. The van der Waals surface area contributed by atoms with Gasteiger partial charge in [0, 0.05) is 23.3 Å². The number of rotatable bonds is 9. The Hall–Kier alpha value is -4.16. The molecule has 0 atom stereocenters. The van der Waals surface area contributed by atoms with Crippen molar-refractivity contribution in [3.05, 3.63) is 67.9 Å². The summed E-state index contributed by atoms with van der Waals surface area (Å²) in [4.78, 5) is 70.2. The smallest absolute Gasteiger partial charge is 0.369 e. The summed E-state index contributed by atoms with van der Waals surface area (Å²) < 4.78 is 1.50. The molecule has 0 aromatic carbocycles. The molecule has 13 nitrogen and oxygen atoms in total. The molecule has 0 spiro atoms. The SMILES string of the molecule is C=C(C)C(=O)O.C=C(C)C(=O)O.C=C(C)C(=O)O.CCCCCOn1c(=O)[nH]c(=O)n(CC)c1=O. The summed E-state index contributed by atoms with van der Waals surface area (Å²) in [6.07, 6.45) is 2.73. The number of H-pyrrole nitrogens is 1. The van der Waals surface area contributed by atoms with Crippen LogP contribution in [0.1, 0.15) is 53.9 Å². The van der Waals surface area contributed by atoms with Gasteiger partial charge in [0.2, 0.25) is 0 Å². The van der Waals surface area contributed by atoms with E-state index in [-0.39, 0.29) is 29.9 Å². The molecule has 13 heteroatoms. The van der Waals surface area contributed by atoms with Crippen LogP contribution in [0.15, 0.2) is 50.8 Å². The molecule has 0 bridgehead atoms. The molecular formula is C22H35N3O10. The predicted octanol–water partition coefficient (Wildman–Crippen LogP) is 1.28. The maximum atomic E-state index is 11.7. The van der Waals surface area contributed by atoms with Gasteiger partial charge in [0.25, 0.3) is 0 Å². The number of aromatic amines is 1. The van der Waals surface area contributed by atoms with Crippen molar-refractivity contribution in [2.45, 2.75) is 60.4 Å². The molecule has 35 heavy (non-hydrogen) atoms. The molecule has 1 rings (SSSR count). The Morgan fingerprint density at radius 3 is 1.46 bits per heavy atom. The molecule has 0 radical (unpaired) electrons. The van der Waals surface area contributed by atoms with Crippen molar-refractivity contribution in [2.75, 3.05) is 6.61 Å². The molecule has 0 saturated heterocycles. The third-order valence-electron chi connectivity index (χ3n) is 3.43. The van der Waals surface area contributed by atoms with E-state index >= 15 is 0 Å². The monoisotopic (exact) mass is 501 g/mol. The number of carboxylic acid groups (broad SMARTS) is 3. The average Bonchev–Trinajstić information content (AvgIpc) is 2.74. The van der Waals surface area contributed by atoms with Crippen molar-refractivity contribution >= 4 is 17.9 Å². The first-order chi connectivity index (χ1) is 16.0. The highest BCUT2D eigenvalue weighted by molar-refractivity contribution is 5.85. The number of carboxylic acids is 3. The Labute approximate surface area is 202 Å². The molecule has 1 heterocycles. The molecule has 0 amide bonds. The molecule has 1 aromatic heterocycles. The summed E-state index contributed by atoms with van der Waals surface area (Å²) >= 11 is 0. The van der Waals surface area contributed by atoms with Crippen LogP contribution in [0, 0.1) is 0 Å². The molecule has 4 N–H and O–H groups in total. The van der Waals surface area contributed by atoms with E-state index in [1.165, 1.54) is 20.8 Å². The number of aliphatic carboxylic acids is 3. The highest BCUT2D eigenvalue weighted by Gasteiger charge is 2.08. The van der Waals surface area contributed by atoms with Gasteiger partial charge in [-0.2, -0.15) is 0 Å². The van der Waals surface area contributed by atoms with E-state index in [1.54, 1.807) is 6.92 Å². The van der Waals surface area contributed by atoms with Crippen LogP contribution < -0.4 is 21.9 Å².